The minimum atomic E-state index is -4.90. The van der Waals surface area contributed by atoms with Gasteiger partial charge >= 0.3 is 60.1 Å². The van der Waals surface area contributed by atoms with Crippen molar-refractivity contribution < 1.29 is 31.8 Å². The molecule has 0 radical (unpaired) electrons. The molecular weight excluding hydrogens is 280 g/mol. The van der Waals surface area contributed by atoms with Gasteiger partial charge < -0.3 is 9.29 Å². The molecule has 0 unspecified atom stereocenters. The first-order valence-corrected chi connectivity index (χ1v) is 5.21. The third-order valence-corrected chi connectivity index (χ3v) is 1.89. The van der Waals surface area contributed by atoms with E-state index in [4.69, 9.17) is 9.66 Å². The van der Waals surface area contributed by atoms with Crippen LogP contribution in [0.15, 0.2) is 24.3 Å². The van der Waals surface area contributed by atoms with E-state index in [1.807, 2.05) is 0 Å². The van der Waals surface area contributed by atoms with Crippen LogP contribution in [-0.4, -0.2) is 67.8 Å². The van der Waals surface area contributed by atoms with Crippen LogP contribution in [0.5, 0.6) is 0 Å². The molecule has 2 N–H and O–H groups in total. The number of carboxylic acid groups (broad SMARTS) is 1. The van der Waals surface area contributed by atoms with Crippen LogP contribution in [0.1, 0.15) is 20.7 Å². The van der Waals surface area contributed by atoms with Gasteiger partial charge in [0.05, 0.1) is 11.1 Å². The maximum absolute atomic E-state index is 11.1. The van der Waals surface area contributed by atoms with E-state index in [-0.39, 0.29) is 48.9 Å². The van der Waals surface area contributed by atoms with Gasteiger partial charge in [-0.05, 0) is 18.2 Å². The van der Waals surface area contributed by atoms with Crippen LogP contribution < -0.4 is 0 Å². The van der Waals surface area contributed by atoms with Crippen LogP contribution in [0.2, 0.25) is 0 Å². The van der Waals surface area contributed by atoms with E-state index >= 15 is 0 Å². The summed E-state index contributed by atoms with van der Waals surface area (Å²) in [6, 6.07) is 4.53. The maximum atomic E-state index is 11.1. The molecule has 17 heavy (non-hydrogen) atoms. The predicted octanol–water partition coefficient (Wildman–Crippen LogP) is -0.572. The van der Waals surface area contributed by atoms with Crippen LogP contribution in [0, 0.1) is 0 Å². The van der Waals surface area contributed by atoms with Crippen molar-refractivity contribution in [3.05, 3.63) is 35.4 Å². The first kappa shape index (κ1) is 16.3. The Balaban J connectivity index is 0.00000256. The van der Waals surface area contributed by atoms with Gasteiger partial charge in [0, 0.05) is 0 Å². The number of hydrogen-bond acceptors (Lipinski definition) is 5. The molecular formula is C8H8CaO7S. The fourth-order valence-corrected chi connectivity index (χ4v) is 1.21. The number of carboxylic acids is 1. The van der Waals surface area contributed by atoms with Gasteiger partial charge in [-0.1, -0.05) is 6.07 Å². The molecule has 7 nitrogen and oxygen atoms in total. The molecule has 0 aromatic heterocycles. The third-order valence-electron chi connectivity index (χ3n) is 1.53. The van der Waals surface area contributed by atoms with E-state index < -0.39 is 22.3 Å². The molecule has 0 saturated heterocycles. The molecule has 0 atom stereocenters. The van der Waals surface area contributed by atoms with Gasteiger partial charge in [-0.3, -0.25) is 4.55 Å². The van der Waals surface area contributed by atoms with Gasteiger partial charge in [0.1, 0.15) is 0 Å². The quantitative estimate of drug-likeness (QED) is 0.564. The standard InChI is InChI=1S/C8H6O7S.Ca.2H/c9-7(10)5-2-1-3-6(4-5)8(11)15-16(12,13)14;;;/h1-4H,(H,9,10)(H,12,13,14);;;. The molecule has 0 aliphatic rings. The Morgan fingerprint density at radius 2 is 1.71 bits per heavy atom. The number of benzene rings is 1. The van der Waals surface area contributed by atoms with Crippen molar-refractivity contribution in [3.8, 4) is 0 Å². The fourth-order valence-electron chi connectivity index (χ4n) is 0.923. The number of hydrogen-bond donors (Lipinski definition) is 2. The zero-order valence-electron chi connectivity index (χ0n) is 7.65. The molecule has 1 rings (SSSR count). The van der Waals surface area contributed by atoms with Gasteiger partial charge in [0.15, 0.2) is 0 Å². The summed E-state index contributed by atoms with van der Waals surface area (Å²) in [6.45, 7) is 0. The molecule has 0 amide bonds. The summed E-state index contributed by atoms with van der Waals surface area (Å²) < 4.78 is 32.4. The Kier molecular flexibility index (Phi) is 6.06. The van der Waals surface area contributed by atoms with Gasteiger partial charge in [0.25, 0.3) is 0 Å². The van der Waals surface area contributed by atoms with Gasteiger partial charge in [-0.25, -0.2) is 9.59 Å². The average molecular weight is 288 g/mol. The van der Waals surface area contributed by atoms with Crippen LogP contribution >= 0.6 is 0 Å². The van der Waals surface area contributed by atoms with Gasteiger partial charge in [0.2, 0.25) is 0 Å². The summed E-state index contributed by atoms with van der Waals surface area (Å²) >= 11 is 0. The Bertz CT molecular complexity index is 537. The second-order valence-corrected chi connectivity index (χ2v) is 3.71. The van der Waals surface area contributed by atoms with Crippen molar-refractivity contribution in [2.24, 2.45) is 0 Å². The Labute approximate surface area is 126 Å². The molecule has 0 aliphatic heterocycles. The number of rotatable bonds is 3. The first-order valence-electron chi connectivity index (χ1n) is 3.84. The Morgan fingerprint density at radius 3 is 2.18 bits per heavy atom. The molecule has 0 saturated carbocycles. The van der Waals surface area contributed by atoms with Gasteiger partial charge in [-0.2, -0.15) is 8.42 Å². The van der Waals surface area contributed by atoms with E-state index in [0.717, 1.165) is 12.1 Å². The minimum absolute atomic E-state index is 0. The molecule has 0 fully saturated rings. The Morgan fingerprint density at radius 1 is 1.18 bits per heavy atom. The monoisotopic (exact) mass is 288 g/mol. The van der Waals surface area contributed by atoms with E-state index in [1.54, 1.807) is 0 Å². The predicted molar refractivity (Wildman–Crippen MR) is 58.9 cm³/mol. The van der Waals surface area contributed by atoms with Crippen molar-refractivity contribution in [1.82, 2.24) is 0 Å². The van der Waals surface area contributed by atoms with E-state index in [1.165, 1.54) is 12.1 Å². The molecule has 9 heteroatoms. The summed E-state index contributed by atoms with van der Waals surface area (Å²) in [4.78, 5) is 21.6. The Hall–Kier alpha value is -0.670. The number of aromatic carboxylic acids is 1. The van der Waals surface area contributed by atoms with Crippen LogP contribution in [0.4, 0.5) is 0 Å². The molecule has 0 spiro atoms. The van der Waals surface area contributed by atoms with Gasteiger partial charge in [-0.15, -0.1) is 0 Å². The topological polar surface area (TPSA) is 118 Å². The van der Waals surface area contributed by atoms with Crippen molar-refractivity contribution in [3.63, 3.8) is 0 Å². The van der Waals surface area contributed by atoms with Crippen molar-refractivity contribution >= 4 is 60.1 Å². The zero-order chi connectivity index (χ0) is 12.3. The second kappa shape index (κ2) is 6.31. The van der Waals surface area contributed by atoms with Crippen molar-refractivity contribution in [2.75, 3.05) is 0 Å². The van der Waals surface area contributed by atoms with Crippen molar-refractivity contribution in [2.45, 2.75) is 0 Å². The fraction of sp³-hybridized carbons (Fsp3) is 0. The third kappa shape index (κ3) is 5.46. The molecule has 90 valence electrons. The average Bonchev–Trinajstić information content (AvgIpc) is 2.15. The number of carbonyl (C=O) groups is 2. The summed E-state index contributed by atoms with van der Waals surface area (Å²) in [7, 11) is -4.90. The van der Waals surface area contributed by atoms with E-state index in [0.29, 0.717) is 0 Å². The normalized spacial score (nSPS) is 10.2. The summed E-state index contributed by atoms with van der Waals surface area (Å²) in [5.41, 5.74) is -0.498. The first-order chi connectivity index (χ1) is 7.29. The summed E-state index contributed by atoms with van der Waals surface area (Å²) in [5, 5.41) is 8.60. The van der Waals surface area contributed by atoms with Crippen LogP contribution in [0.3, 0.4) is 0 Å². The molecule has 1 aromatic rings. The zero-order valence-corrected chi connectivity index (χ0v) is 8.47. The van der Waals surface area contributed by atoms with E-state index in [2.05, 4.69) is 4.18 Å². The SMILES string of the molecule is O=C(O)c1cccc(C(=O)OS(=O)(=O)O)c1.[CaH2]. The van der Waals surface area contributed by atoms with Crippen molar-refractivity contribution in [1.29, 1.82) is 0 Å². The van der Waals surface area contributed by atoms with E-state index in [9.17, 15) is 18.0 Å². The molecule has 0 aliphatic carbocycles. The summed E-state index contributed by atoms with van der Waals surface area (Å²) in [6.07, 6.45) is 0. The van der Waals surface area contributed by atoms with Crippen LogP contribution in [0.25, 0.3) is 0 Å². The number of carbonyl (C=O) groups excluding carboxylic acids is 1. The molecule has 1 aromatic carbocycles. The van der Waals surface area contributed by atoms with Crippen LogP contribution in [-0.2, 0) is 14.6 Å². The molecule has 0 heterocycles. The summed E-state index contributed by atoms with van der Waals surface area (Å²) in [5.74, 6) is -2.63. The molecule has 0 bridgehead atoms. The second-order valence-electron chi connectivity index (χ2n) is 2.68.